The molecule has 3 aromatic rings. The van der Waals surface area contributed by atoms with Crippen LogP contribution in [0.1, 0.15) is 48.5 Å². The van der Waals surface area contributed by atoms with Crippen molar-refractivity contribution in [2.45, 2.75) is 53.3 Å². The maximum absolute atomic E-state index is 13.5. The first kappa shape index (κ1) is 27.0. The molecule has 7 nitrogen and oxygen atoms in total. The molecule has 196 valence electrons. The topological polar surface area (TPSA) is 101 Å². The normalized spacial score (nSPS) is 15.2. The van der Waals surface area contributed by atoms with E-state index < -0.39 is 31.7 Å². The van der Waals surface area contributed by atoms with Crippen molar-refractivity contribution >= 4 is 25.8 Å². The molecule has 0 atom stereocenters. The third kappa shape index (κ3) is 5.92. The molecule has 1 aliphatic rings. The van der Waals surface area contributed by atoms with E-state index in [1.165, 1.54) is 42.5 Å². The molecule has 0 aromatic heterocycles. The molecular weight excluding hydrogens is 515 g/mol. The molecule has 0 aliphatic carbocycles. The van der Waals surface area contributed by atoms with Crippen molar-refractivity contribution in [1.82, 2.24) is 9.62 Å². The molecule has 4 rings (SSSR count). The van der Waals surface area contributed by atoms with E-state index in [1.807, 2.05) is 13.8 Å². The largest absolute Gasteiger partial charge is 0.339 e. The zero-order valence-corrected chi connectivity index (χ0v) is 22.2. The first-order valence-corrected chi connectivity index (χ1v) is 15.0. The predicted octanol–water partition coefficient (Wildman–Crippen LogP) is 4.37. The molecule has 0 radical (unpaired) electrons. The number of piperidine rings is 1. The number of hydrogen-bond donors (Lipinski definition) is 1. The van der Waals surface area contributed by atoms with E-state index in [0.717, 1.165) is 0 Å². The fraction of sp³-hybridized carbons (Fsp3) is 0.296. The van der Waals surface area contributed by atoms with Gasteiger partial charge in [-0.25, -0.2) is 25.9 Å². The van der Waals surface area contributed by atoms with Crippen LogP contribution < -0.4 is 4.72 Å². The average molecular weight is 545 g/mol. The lowest BCUT2D eigenvalue weighted by atomic mass is 10.0. The van der Waals surface area contributed by atoms with E-state index >= 15 is 0 Å². The van der Waals surface area contributed by atoms with Crippen molar-refractivity contribution < 1.29 is 26.0 Å². The molecule has 1 fully saturated rings. The Balaban J connectivity index is 1.54. The highest BCUT2D eigenvalue weighted by Gasteiger charge is 2.30. The van der Waals surface area contributed by atoms with Crippen LogP contribution in [0.3, 0.4) is 0 Å². The first-order chi connectivity index (χ1) is 17.5. The SMILES string of the molecule is CC(C)c1ccc(S(=O)(=O)c2ccccc2)cc1S(=O)(=O)NC1CCN(C(=O)c2cccc(F)c2)CC1. The number of likely N-dealkylation sites (tertiary alicyclic amines) is 1. The number of halogens is 1. The van der Waals surface area contributed by atoms with E-state index in [4.69, 9.17) is 0 Å². The fourth-order valence-corrected chi connectivity index (χ4v) is 7.49. The summed E-state index contributed by atoms with van der Waals surface area (Å²) in [6.45, 7) is 4.30. The Kier molecular flexibility index (Phi) is 7.82. The number of sulfonamides is 1. The van der Waals surface area contributed by atoms with E-state index in [0.29, 0.717) is 31.5 Å². The van der Waals surface area contributed by atoms with Gasteiger partial charge >= 0.3 is 0 Å². The van der Waals surface area contributed by atoms with Crippen LogP contribution in [0, 0.1) is 5.82 Å². The van der Waals surface area contributed by atoms with Gasteiger partial charge < -0.3 is 4.90 Å². The third-order valence-corrected chi connectivity index (χ3v) is 9.78. The minimum absolute atomic E-state index is 0.0715. The summed E-state index contributed by atoms with van der Waals surface area (Å²) >= 11 is 0. The second kappa shape index (κ2) is 10.7. The van der Waals surface area contributed by atoms with Gasteiger partial charge in [0.15, 0.2) is 0 Å². The van der Waals surface area contributed by atoms with Gasteiger partial charge in [0.05, 0.1) is 14.7 Å². The third-order valence-electron chi connectivity index (χ3n) is 6.44. The van der Waals surface area contributed by atoms with Gasteiger partial charge in [-0.05, 0) is 66.8 Å². The molecule has 0 unspecified atom stereocenters. The van der Waals surface area contributed by atoms with Gasteiger partial charge in [0.25, 0.3) is 5.91 Å². The Morgan fingerprint density at radius 3 is 2.19 bits per heavy atom. The minimum Gasteiger partial charge on any atom is -0.339 e. The van der Waals surface area contributed by atoms with E-state index in [2.05, 4.69) is 4.72 Å². The fourth-order valence-electron chi connectivity index (χ4n) is 4.41. The summed E-state index contributed by atoms with van der Waals surface area (Å²) in [6.07, 6.45) is 0.749. The molecule has 1 amide bonds. The van der Waals surface area contributed by atoms with Crippen LogP contribution >= 0.6 is 0 Å². The summed E-state index contributed by atoms with van der Waals surface area (Å²) in [4.78, 5) is 14.2. The number of rotatable bonds is 7. The molecule has 3 aromatic carbocycles. The van der Waals surface area contributed by atoms with Crippen LogP contribution in [-0.4, -0.2) is 46.8 Å². The van der Waals surface area contributed by atoms with Crippen molar-refractivity contribution in [3.05, 3.63) is 89.7 Å². The Hall–Kier alpha value is -3.08. The molecular formula is C27H29FN2O5S2. The first-order valence-electron chi connectivity index (χ1n) is 12.0. The summed E-state index contributed by atoms with van der Waals surface area (Å²) in [6, 6.07) is 17.1. The second-order valence-corrected chi connectivity index (χ2v) is 13.0. The number of carbonyl (C=O) groups is 1. The van der Waals surface area contributed by atoms with Gasteiger partial charge in [-0.15, -0.1) is 0 Å². The van der Waals surface area contributed by atoms with Gasteiger partial charge in [-0.1, -0.05) is 44.2 Å². The van der Waals surface area contributed by atoms with Crippen LogP contribution in [0.2, 0.25) is 0 Å². The van der Waals surface area contributed by atoms with Crippen LogP contribution in [0.15, 0.2) is 87.5 Å². The Labute approximate surface area is 217 Å². The minimum atomic E-state index is -4.06. The molecule has 1 saturated heterocycles. The summed E-state index contributed by atoms with van der Waals surface area (Å²) < 4.78 is 69.5. The lowest BCUT2D eigenvalue weighted by Gasteiger charge is -2.32. The smallest absolute Gasteiger partial charge is 0.253 e. The quantitative estimate of drug-likeness (QED) is 0.476. The van der Waals surface area contributed by atoms with Gasteiger partial charge in [0, 0.05) is 24.7 Å². The zero-order valence-electron chi connectivity index (χ0n) is 20.6. The maximum Gasteiger partial charge on any atom is 0.253 e. The van der Waals surface area contributed by atoms with Gasteiger partial charge in [0.2, 0.25) is 19.9 Å². The summed E-state index contributed by atoms with van der Waals surface area (Å²) in [5.74, 6) is -0.960. The number of nitrogens with zero attached hydrogens (tertiary/aromatic N) is 1. The van der Waals surface area contributed by atoms with Gasteiger partial charge in [-0.2, -0.15) is 0 Å². The maximum atomic E-state index is 13.5. The molecule has 0 saturated carbocycles. The highest BCUT2D eigenvalue weighted by atomic mass is 32.2. The van der Waals surface area contributed by atoms with Crippen molar-refractivity contribution in [1.29, 1.82) is 0 Å². The Bertz CT molecular complexity index is 1500. The number of amides is 1. The lowest BCUT2D eigenvalue weighted by molar-refractivity contribution is 0.0711. The number of nitrogens with one attached hydrogen (secondary N) is 1. The molecule has 37 heavy (non-hydrogen) atoms. The lowest BCUT2D eigenvalue weighted by Crippen LogP contribution is -2.46. The van der Waals surface area contributed by atoms with Crippen LogP contribution in [0.4, 0.5) is 4.39 Å². The number of hydrogen-bond acceptors (Lipinski definition) is 5. The van der Waals surface area contributed by atoms with Crippen molar-refractivity contribution in [3.8, 4) is 0 Å². The molecule has 10 heteroatoms. The van der Waals surface area contributed by atoms with Gasteiger partial charge in [0.1, 0.15) is 5.82 Å². The highest BCUT2D eigenvalue weighted by molar-refractivity contribution is 7.91. The van der Waals surface area contributed by atoms with E-state index in [9.17, 15) is 26.0 Å². The van der Waals surface area contributed by atoms with Gasteiger partial charge in [-0.3, -0.25) is 4.79 Å². The zero-order chi connectivity index (χ0) is 26.8. The number of carbonyl (C=O) groups excluding carboxylic acids is 1. The Morgan fingerprint density at radius 1 is 0.892 bits per heavy atom. The molecule has 1 heterocycles. The monoisotopic (exact) mass is 544 g/mol. The molecule has 0 bridgehead atoms. The number of sulfone groups is 1. The standard InChI is InChI=1S/C27H29FN2O5S2/c1-19(2)25-12-11-24(36(32,33)23-9-4-3-5-10-23)18-26(25)37(34,35)29-22-13-15-30(16-14-22)27(31)20-7-6-8-21(28)17-20/h3-12,17-19,22,29H,13-16H2,1-2H3. The molecule has 1 aliphatic heterocycles. The summed E-state index contributed by atoms with van der Waals surface area (Å²) in [5, 5.41) is 0. The second-order valence-electron chi connectivity index (χ2n) is 9.37. The highest BCUT2D eigenvalue weighted by Crippen LogP contribution is 2.30. The van der Waals surface area contributed by atoms with Crippen LogP contribution in [-0.2, 0) is 19.9 Å². The number of benzene rings is 3. The van der Waals surface area contributed by atoms with Crippen molar-refractivity contribution in [2.75, 3.05) is 13.1 Å². The summed E-state index contributed by atoms with van der Waals surface area (Å²) in [5.41, 5.74) is 0.760. The van der Waals surface area contributed by atoms with Crippen LogP contribution in [0.5, 0.6) is 0 Å². The van der Waals surface area contributed by atoms with Crippen molar-refractivity contribution in [3.63, 3.8) is 0 Å². The molecule has 1 N–H and O–H groups in total. The average Bonchev–Trinajstić information content (AvgIpc) is 2.88. The predicted molar refractivity (Wildman–Crippen MR) is 138 cm³/mol. The van der Waals surface area contributed by atoms with E-state index in [1.54, 1.807) is 35.2 Å². The van der Waals surface area contributed by atoms with Crippen LogP contribution in [0.25, 0.3) is 0 Å². The Morgan fingerprint density at radius 2 is 1.57 bits per heavy atom. The molecule has 0 spiro atoms. The van der Waals surface area contributed by atoms with E-state index in [-0.39, 0.29) is 32.1 Å². The van der Waals surface area contributed by atoms with Crippen molar-refractivity contribution in [2.24, 2.45) is 0 Å². The summed E-state index contributed by atoms with van der Waals surface area (Å²) in [7, 11) is -7.97.